The van der Waals surface area contributed by atoms with Crippen molar-refractivity contribution in [1.82, 2.24) is 0 Å². The zero-order valence-corrected chi connectivity index (χ0v) is 24.4. The summed E-state index contributed by atoms with van der Waals surface area (Å²) < 4.78 is 0. The van der Waals surface area contributed by atoms with E-state index < -0.39 is 0 Å². The average molecular weight is 461 g/mol. The minimum atomic E-state index is 0.244. The number of aryl methyl sites for hydroxylation is 4. The van der Waals surface area contributed by atoms with Gasteiger partial charge in [-0.2, -0.15) is 0 Å². The SMILES string of the molecule is CC(C)(C)C(c1ccc2c(c1)CCc1ccc(C(C(C)(C)C)C(C)(C)C)cc1CC2)C(C)(C)C. The zero-order chi connectivity index (χ0) is 25.7. The van der Waals surface area contributed by atoms with Gasteiger partial charge in [-0.25, -0.2) is 0 Å². The molecule has 0 heteroatoms. The van der Waals surface area contributed by atoms with Gasteiger partial charge in [-0.05, 0) is 92.6 Å². The van der Waals surface area contributed by atoms with Crippen LogP contribution in [0.2, 0.25) is 0 Å². The van der Waals surface area contributed by atoms with Crippen molar-refractivity contribution < 1.29 is 0 Å². The lowest BCUT2D eigenvalue weighted by molar-refractivity contribution is 0.176. The van der Waals surface area contributed by atoms with Crippen LogP contribution in [-0.2, 0) is 25.7 Å². The van der Waals surface area contributed by atoms with Crippen LogP contribution >= 0.6 is 0 Å². The summed E-state index contributed by atoms with van der Waals surface area (Å²) in [6, 6.07) is 14.9. The van der Waals surface area contributed by atoms with Crippen LogP contribution in [0.4, 0.5) is 0 Å². The third-order valence-electron chi connectivity index (χ3n) is 7.92. The molecule has 0 saturated heterocycles. The van der Waals surface area contributed by atoms with Gasteiger partial charge in [0.25, 0.3) is 0 Å². The highest BCUT2D eigenvalue weighted by atomic mass is 14.4. The molecule has 0 radical (unpaired) electrons. The predicted octanol–water partition coefficient (Wildman–Crippen LogP) is 9.92. The summed E-state index contributed by atoms with van der Waals surface area (Å²) in [4.78, 5) is 0. The van der Waals surface area contributed by atoms with Crippen LogP contribution in [0.25, 0.3) is 0 Å². The lowest BCUT2D eigenvalue weighted by atomic mass is 9.63. The van der Waals surface area contributed by atoms with Gasteiger partial charge in [0, 0.05) is 0 Å². The lowest BCUT2D eigenvalue weighted by Gasteiger charge is -2.42. The Kier molecular flexibility index (Phi) is 7.27. The Bertz CT molecular complexity index is 881. The van der Waals surface area contributed by atoms with E-state index in [4.69, 9.17) is 0 Å². The third kappa shape index (κ3) is 5.98. The van der Waals surface area contributed by atoms with E-state index in [0.717, 1.165) is 25.7 Å². The summed E-state index contributed by atoms with van der Waals surface area (Å²) >= 11 is 0. The van der Waals surface area contributed by atoms with E-state index in [1.165, 1.54) is 11.1 Å². The van der Waals surface area contributed by atoms with Crippen LogP contribution in [0.1, 0.15) is 128 Å². The first kappa shape index (κ1) is 27.0. The van der Waals surface area contributed by atoms with E-state index in [-0.39, 0.29) is 21.7 Å². The fourth-order valence-corrected chi connectivity index (χ4v) is 7.74. The average Bonchev–Trinajstić information content (AvgIpc) is 2.59. The van der Waals surface area contributed by atoms with Gasteiger partial charge >= 0.3 is 0 Å². The molecular formula is C34H52. The molecule has 0 aliphatic heterocycles. The highest BCUT2D eigenvalue weighted by Gasteiger charge is 2.37. The lowest BCUT2D eigenvalue weighted by Crippen LogP contribution is -2.30. The monoisotopic (exact) mass is 460 g/mol. The first-order valence-electron chi connectivity index (χ1n) is 13.6. The standard InChI is InChI=1S/C34H52/c1-31(2,3)29(32(4,5)6)27-19-15-23-14-18-26-22-28(30(33(7,8)9)34(10,11)12)20-16-24(26)13-17-25(23)21-27/h15-16,19-22,29-30H,13-14,17-18H2,1-12H3. The summed E-state index contributed by atoms with van der Waals surface area (Å²) in [5.74, 6) is 1.08. The van der Waals surface area contributed by atoms with E-state index in [1.807, 2.05) is 0 Å². The molecular weight excluding hydrogens is 408 g/mol. The second kappa shape index (κ2) is 9.15. The van der Waals surface area contributed by atoms with Gasteiger partial charge in [-0.1, -0.05) is 119 Å². The van der Waals surface area contributed by atoms with Crippen molar-refractivity contribution in [1.29, 1.82) is 0 Å². The quantitative estimate of drug-likeness (QED) is 0.418. The molecule has 34 heavy (non-hydrogen) atoms. The van der Waals surface area contributed by atoms with Crippen molar-refractivity contribution >= 4 is 0 Å². The maximum atomic E-state index is 2.56. The molecule has 0 aromatic heterocycles. The predicted molar refractivity (Wildman–Crippen MR) is 151 cm³/mol. The maximum absolute atomic E-state index is 2.56. The largest absolute Gasteiger partial charge is 0.0596 e. The van der Waals surface area contributed by atoms with Crippen LogP contribution in [0.3, 0.4) is 0 Å². The van der Waals surface area contributed by atoms with Crippen molar-refractivity contribution in [2.75, 3.05) is 0 Å². The minimum Gasteiger partial charge on any atom is -0.0596 e. The molecule has 0 saturated carbocycles. The third-order valence-corrected chi connectivity index (χ3v) is 7.92. The number of fused-ring (bicyclic) bond motifs is 2. The molecule has 188 valence electrons. The first-order chi connectivity index (χ1) is 15.4. The van der Waals surface area contributed by atoms with Crippen LogP contribution in [0.5, 0.6) is 0 Å². The second-order valence-electron chi connectivity index (χ2n) is 15.4. The number of rotatable bonds is 2. The van der Waals surface area contributed by atoms with Crippen LogP contribution < -0.4 is 0 Å². The number of benzene rings is 2. The van der Waals surface area contributed by atoms with Gasteiger partial charge in [0.2, 0.25) is 0 Å². The Balaban J connectivity index is 1.94. The van der Waals surface area contributed by atoms with E-state index in [0.29, 0.717) is 11.8 Å². The molecule has 0 bridgehead atoms. The second-order valence-corrected chi connectivity index (χ2v) is 15.4. The topological polar surface area (TPSA) is 0 Å². The zero-order valence-electron chi connectivity index (χ0n) is 24.4. The van der Waals surface area contributed by atoms with E-state index in [9.17, 15) is 0 Å². The van der Waals surface area contributed by atoms with Gasteiger partial charge in [0.05, 0.1) is 0 Å². The highest BCUT2D eigenvalue weighted by Crippen LogP contribution is 2.49. The van der Waals surface area contributed by atoms with Crippen molar-refractivity contribution in [3.63, 3.8) is 0 Å². The van der Waals surface area contributed by atoms with Crippen molar-refractivity contribution in [3.8, 4) is 0 Å². The van der Waals surface area contributed by atoms with Crippen LogP contribution in [0.15, 0.2) is 36.4 Å². The molecule has 0 nitrogen and oxygen atoms in total. The Morgan fingerprint density at radius 2 is 0.676 bits per heavy atom. The van der Waals surface area contributed by atoms with Gasteiger partial charge in [0.1, 0.15) is 0 Å². The Morgan fingerprint density at radius 1 is 0.412 bits per heavy atom. The molecule has 0 amide bonds. The summed E-state index contributed by atoms with van der Waals surface area (Å²) in [5, 5.41) is 0. The van der Waals surface area contributed by atoms with Crippen LogP contribution in [-0.4, -0.2) is 0 Å². The van der Waals surface area contributed by atoms with Crippen molar-refractivity contribution in [3.05, 3.63) is 69.8 Å². The molecule has 0 atom stereocenters. The maximum Gasteiger partial charge on any atom is -0.00645 e. The molecule has 0 unspecified atom stereocenters. The molecule has 2 aromatic carbocycles. The molecule has 0 N–H and O–H groups in total. The molecule has 0 heterocycles. The minimum absolute atomic E-state index is 0.244. The Hall–Kier alpha value is -1.56. The Labute approximate surface area is 212 Å². The summed E-state index contributed by atoms with van der Waals surface area (Å²) in [6.45, 7) is 28.8. The number of hydrogen-bond acceptors (Lipinski definition) is 0. The summed E-state index contributed by atoms with van der Waals surface area (Å²) in [6.07, 6.45) is 4.60. The van der Waals surface area contributed by atoms with Crippen molar-refractivity contribution in [2.24, 2.45) is 21.7 Å². The highest BCUT2D eigenvalue weighted by molar-refractivity contribution is 5.41. The molecule has 2 aromatic rings. The van der Waals surface area contributed by atoms with Gasteiger partial charge in [-0.3, -0.25) is 0 Å². The van der Waals surface area contributed by atoms with E-state index >= 15 is 0 Å². The summed E-state index contributed by atoms with van der Waals surface area (Å²) in [5.41, 5.74) is 10.3. The fraction of sp³-hybridized carbons (Fsp3) is 0.647. The van der Waals surface area contributed by atoms with Crippen molar-refractivity contribution in [2.45, 2.75) is 121 Å². The Morgan fingerprint density at radius 3 is 0.941 bits per heavy atom. The summed E-state index contributed by atoms with van der Waals surface area (Å²) in [7, 11) is 0. The molecule has 1 aliphatic rings. The van der Waals surface area contributed by atoms with E-state index in [1.54, 1.807) is 22.3 Å². The normalized spacial score (nSPS) is 15.7. The van der Waals surface area contributed by atoms with Gasteiger partial charge < -0.3 is 0 Å². The number of hydrogen-bond donors (Lipinski definition) is 0. The van der Waals surface area contributed by atoms with Crippen LogP contribution in [0, 0.1) is 21.7 Å². The molecule has 0 spiro atoms. The molecule has 0 fully saturated rings. The smallest absolute Gasteiger partial charge is 0.00645 e. The first-order valence-corrected chi connectivity index (χ1v) is 13.6. The van der Waals surface area contributed by atoms with E-state index in [2.05, 4.69) is 119 Å². The molecule has 3 rings (SSSR count). The van der Waals surface area contributed by atoms with Gasteiger partial charge in [0.15, 0.2) is 0 Å². The fourth-order valence-electron chi connectivity index (χ4n) is 7.74. The molecule has 1 aliphatic carbocycles. The van der Waals surface area contributed by atoms with Gasteiger partial charge in [-0.15, -0.1) is 0 Å².